The zero-order valence-electron chi connectivity index (χ0n) is 14.8. The SMILES string of the molecule is O=C(CNc1ccc(F)c(S(=O)(=O)N2CCOCC2)c1)Nc1ccc(Cl)cc1. The normalized spacial score (nSPS) is 15.2. The smallest absolute Gasteiger partial charge is 0.246 e. The molecule has 10 heteroatoms. The average molecular weight is 428 g/mol. The summed E-state index contributed by atoms with van der Waals surface area (Å²) in [5, 5.41) is 6.03. The van der Waals surface area contributed by atoms with Crippen LogP contribution in [0.15, 0.2) is 47.4 Å². The second-order valence-corrected chi connectivity index (χ2v) is 8.41. The lowest BCUT2D eigenvalue weighted by Gasteiger charge is -2.26. The molecule has 1 saturated heterocycles. The fourth-order valence-corrected chi connectivity index (χ4v) is 4.28. The first kappa shape index (κ1) is 20.5. The van der Waals surface area contributed by atoms with Crippen LogP contribution in [-0.4, -0.2) is 51.5 Å². The number of carbonyl (C=O) groups is 1. The number of nitrogens with zero attached hydrogens (tertiary/aromatic N) is 1. The summed E-state index contributed by atoms with van der Waals surface area (Å²) in [7, 11) is -3.98. The van der Waals surface area contributed by atoms with Crippen molar-refractivity contribution in [3.8, 4) is 0 Å². The number of carbonyl (C=O) groups excluding carboxylic acids is 1. The Bertz CT molecular complexity index is 948. The van der Waals surface area contributed by atoms with Crippen molar-refractivity contribution in [2.45, 2.75) is 4.90 Å². The molecule has 2 N–H and O–H groups in total. The highest BCUT2D eigenvalue weighted by Crippen LogP contribution is 2.24. The van der Waals surface area contributed by atoms with E-state index in [4.69, 9.17) is 16.3 Å². The third-order valence-electron chi connectivity index (χ3n) is 4.10. The minimum atomic E-state index is -3.98. The largest absolute Gasteiger partial charge is 0.379 e. The van der Waals surface area contributed by atoms with E-state index in [1.54, 1.807) is 24.3 Å². The number of benzene rings is 2. The van der Waals surface area contributed by atoms with Gasteiger partial charge in [-0.05, 0) is 42.5 Å². The van der Waals surface area contributed by atoms with Crippen molar-refractivity contribution in [1.82, 2.24) is 4.31 Å². The van der Waals surface area contributed by atoms with Crippen molar-refractivity contribution in [2.24, 2.45) is 0 Å². The molecule has 0 saturated carbocycles. The molecule has 28 heavy (non-hydrogen) atoms. The Morgan fingerprint density at radius 3 is 2.43 bits per heavy atom. The molecule has 2 aromatic carbocycles. The van der Waals surface area contributed by atoms with Crippen LogP contribution in [0.3, 0.4) is 0 Å². The standard InChI is InChI=1S/C18H19ClFN3O4S/c19-13-1-3-14(4-2-13)22-18(24)12-21-15-5-6-16(20)17(11-15)28(25,26)23-7-9-27-10-8-23/h1-6,11,21H,7-10,12H2,(H,22,24). The van der Waals surface area contributed by atoms with E-state index in [-0.39, 0.29) is 38.8 Å². The van der Waals surface area contributed by atoms with Gasteiger partial charge in [0.15, 0.2) is 0 Å². The highest BCUT2D eigenvalue weighted by Gasteiger charge is 2.29. The number of anilines is 2. The molecule has 1 amide bonds. The number of amides is 1. The van der Waals surface area contributed by atoms with Crippen molar-refractivity contribution < 1.29 is 22.3 Å². The van der Waals surface area contributed by atoms with Gasteiger partial charge in [-0.3, -0.25) is 4.79 Å². The van der Waals surface area contributed by atoms with Crippen molar-refractivity contribution in [3.05, 3.63) is 53.3 Å². The minimum Gasteiger partial charge on any atom is -0.379 e. The van der Waals surface area contributed by atoms with E-state index in [2.05, 4.69) is 10.6 Å². The topological polar surface area (TPSA) is 87.7 Å². The summed E-state index contributed by atoms with van der Waals surface area (Å²) in [6.07, 6.45) is 0. The molecule has 1 heterocycles. The molecule has 3 rings (SSSR count). The van der Waals surface area contributed by atoms with Crippen LogP contribution >= 0.6 is 11.6 Å². The molecule has 0 aromatic heterocycles. The average Bonchev–Trinajstić information content (AvgIpc) is 2.69. The summed E-state index contributed by atoms with van der Waals surface area (Å²) >= 11 is 5.79. The van der Waals surface area contributed by atoms with Crippen molar-refractivity contribution in [3.63, 3.8) is 0 Å². The molecule has 0 unspecified atom stereocenters. The Kier molecular flexibility index (Phi) is 6.50. The van der Waals surface area contributed by atoms with E-state index in [9.17, 15) is 17.6 Å². The molecule has 1 aliphatic rings. The summed E-state index contributed by atoms with van der Waals surface area (Å²) in [6, 6.07) is 10.2. The first-order valence-electron chi connectivity index (χ1n) is 8.53. The van der Waals surface area contributed by atoms with Gasteiger partial charge in [0.2, 0.25) is 15.9 Å². The summed E-state index contributed by atoms with van der Waals surface area (Å²) in [6.45, 7) is 0.754. The van der Waals surface area contributed by atoms with Gasteiger partial charge in [-0.2, -0.15) is 4.31 Å². The highest BCUT2D eigenvalue weighted by atomic mass is 35.5. The first-order chi connectivity index (χ1) is 13.4. The fourth-order valence-electron chi connectivity index (χ4n) is 2.66. The second kappa shape index (κ2) is 8.87. The Hall–Kier alpha value is -2.20. The molecule has 0 radical (unpaired) electrons. The summed E-state index contributed by atoms with van der Waals surface area (Å²) in [5.41, 5.74) is 0.894. The lowest BCUT2D eigenvalue weighted by atomic mass is 10.3. The molecule has 150 valence electrons. The van der Waals surface area contributed by atoms with E-state index in [1.165, 1.54) is 16.4 Å². The summed E-state index contributed by atoms with van der Waals surface area (Å²) < 4.78 is 45.9. The second-order valence-electron chi connectivity index (χ2n) is 6.07. The van der Waals surface area contributed by atoms with Gasteiger partial charge in [0.25, 0.3) is 0 Å². The van der Waals surface area contributed by atoms with Crippen LogP contribution in [0.25, 0.3) is 0 Å². The predicted octanol–water partition coefficient (Wildman–Crippen LogP) is 2.55. The van der Waals surface area contributed by atoms with Crippen LogP contribution in [0, 0.1) is 5.82 Å². The maximum absolute atomic E-state index is 14.2. The van der Waals surface area contributed by atoms with E-state index in [1.807, 2.05) is 0 Å². The lowest BCUT2D eigenvalue weighted by molar-refractivity contribution is -0.114. The van der Waals surface area contributed by atoms with E-state index in [0.717, 1.165) is 6.07 Å². The van der Waals surface area contributed by atoms with Crippen LogP contribution in [0.4, 0.5) is 15.8 Å². The number of rotatable bonds is 6. The molecule has 7 nitrogen and oxygen atoms in total. The molecule has 0 atom stereocenters. The Morgan fingerprint density at radius 1 is 1.11 bits per heavy atom. The van der Waals surface area contributed by atoms with Crippen LogP contribution in [0.2, 0.25) is 5.02 Å². The fraction of sp³-hybridized carbons (Fsp3) is 0.278. The van der Waals surface area contributed by atoms with Gasteiger partial charge >= 0.3 is 0 Å². The van der Waals surface area contributed by atoms with Gasteiger partial charge in [0.1, 0.15) is 10.7 Å². The number of hydrogen-bond acceptors (Lipinski definition) is 5. The number of halogens is 2. The molecular weight excluding hydrogens is 409 g/mol. The highest BCUT2D eigenvalue weighted by molar-refractivity contribution is 7.89. The van der Waals surface area contributed by atoms with E-state index in [0.29, 0.717) is 16.4 Å². The third kappa shape index (κ3) is 4.99. The van der Waals surface area contributed by atoms with Gasteiger partial charge in [-0.1, -0.05) is 11.6 Å². The molecule has 0 bridgehead atoms. The molecule has 0 spiro atoms. The molecular formula is C18H19ClFN3O4S. The van der Waals surface area contributed by atoms with Crippen LogP contribution < -0.4 is 10.6 Å². The zero-order chi connectivity index (χ0) is 20.1. The van der Waals surface area contributed by atoms with Crippen molar-refractivity contribution in [1.29, 1.82) is 0 Å². The summed E-state index contributed by atoms with van der Waals surface area (Å²) in [5.74, 6) is -1.19. The van der Waals surface area contributed by atoms with Crippen molar-refractivity contribution >= 4 is 38.9 Å². The van der Waals surface area contributed by atoms with Crippen LogP contribution in [0.1, 0.15) is 0 Å². The number of ether oxygens (including phenoxy) is 1. The molecule has 1 fully saturated rings. The lowest BCUT2D eigenvalue weighted by Crippen LogP contribution is -2.40. The Morgan fingerprint density at radius 2 is 1.75 bits per heavy atom. The number of sulfonamides is 1. The maximum atomic E-state index is 14.2. The van der Waals surface area contributed by atoms with Gasteiger partial charge in [-0.15, -0.1) is 0 Å². The molecule has 0 aliphatic carbocycles. The van der Waals surface area contributed by atoms with Gasteiger partial charge < -0.3 is 15.4 Å². The maximum Gasteiger partial charge on any atom is 0.246 e. The van der Waals surface area contributed by atoms with Gasteiger partial charge in [0, 0.05) is 29.5 Å². The molecule has 2 aromatic rings. The Labute approximate surface area is 167 Å². The molecule has 1 aliphatic heterocycles. The minimum absolute atomic E-state index is 0.120. The van der Waals surface area contributed by atoms with Gasteiger partial charge in [-0.25, -0.2) is 12.8 Å². The number of nitrogens with one attached hydrogen (secondary N) is 2. The Balaban J connectivity index is 1.67. The van der Waals surface area contributed by atoms with Crippen LogP contribution in [-0.2, 0) is 19.6 Å². The summed E-state index contributed by atoms with van der Waals surface area (Å²) in [4.78, 5) is 11.6. The monoisotopic (exact) mass is 427 g/mol. The number of hydrogen-bond donors (Lipinski definition) is 2. The van der Waals surface area contributed by atoms with E-state index >= 15 is 0 Å². The van der Waals surface area contributed by atoms with Crippen LogP contribution in [0.5, 0.6) is 0 Å². The predicted molar refractivity (Wildman–Crippen MR) is 105 cm³/mol. The van der Waals surface area contributed by atoms with Gasteiger partial charge in [0.05, 0.1) is 19.8 Å². The van der Waals surface area contributed by atoms with E-state index < -0.39 is 20.7 Å². The zero-order valence-corrected chi connectivity index (χ0v) is 16.4. The third-order valence-corrected chi connectivity index (χ3v) is 6.27. The first-order valence-corrected chi connectivity index (χ1v) is 10.3. The quantitative estimate of drug-likeness (QED) is 0.739. The number of morpholine rings is 1. The van der Waals surface area contributed by atoms with Crippen molar-refractivity contribution in [2.75, 3.05) is 43.5 Å².